The molecule has 0 aromatic rings. The standard InChI is InChI=1S/C10H17NO2/c1-7(10(12)13)11-5-8-3-2-4-9(8)6-11/h7-9H,2-6H2,1H3,(H,12,13). The fourth-order valence-corrected chi connectivity index (χ4v) is 2.74. The van der Waals surface area contributed by atoms with Gasteiger partial charge in [0.15, 0.2) is 0 Å². The van der Waals surface area contributed by atoms with E-state index < -0.39 is 5.97 Å². The van der Waals surface area contributed by atoms with Crippen LogP contribution in [-0.2, 0) is 4.79 Å². The predicted molar refractivity (Wildman–Crippen MR) is 49.5 cm³/mol. The van der Waals surface area contributed by atoms with Gasteiger partial charge in [0, 0.05) is 13.1 Å². The average molecular weight is 183 g/mol. The molecule has 0 bridgehead atoms. The number of rotatable bonds is 2. The third-order valence-electron chi connectivity index (χ3n) is 3.66. The van der Waals surface area contributed by atoms with Gasteiger partial charge in [-0.05, 0) is 31.6 Å². The molecule has 1 aliphatic heterocycles. The Balaban J connectivity index is 1.95. The van der Waals surface area contributed by atoms with E-state index in [1.165, 1.54) is 19.3 Å². The first-order valence-electron chi connectivity index (χ1n) is 5.15. The molecule has 3 nitrogen and oxygen atoms in total. The maximum atomic E-state index is 10.8. The zero-order valence-electron chi connectivity index (χ0n) is 8.07. The molecule has 0 radical (unpaired) electrons. The van der Waals surface area contributed by atoms with Crippen molar-refractivity contribution in [3.05, 3.63) is 0 Å². The summed E-state index contributed by atoms with van der Waals surface area (Å²) in [5, 5.41) is 8.86. The quantitative estimate of drug-likeness (QED) is 0.699. The van der Waals surface area contributed by atoms with Crippen molar-refractivity contribution in [2.75, 3.05) is 13.1 Å². The fourth-order valence-electron chi connectivity index (χ4n) is 2.74. The van der Waals surface area contributed by atoms with Gasteiger partial charge in [0.1, 0.15) is 6.04 Å². The second-order valence-electron chi connectivity index (χ2n) is 4.42. The van der Waals surface area contributed by atoms with Gasteiger partial charge in [-0.2, -0.15) is 0 Å². The highest BCUT2D eigenvalue weighted by atomic mass is 16.4. The molecule has 1 saturated heterocycles. The second kappa shape index (κ2) is 3.29. The van der Waals surface area contributed by atoms with Crippen molar-refractivity contribution in [2.45, 2.75) is 32.2 Å². The van der Waals surface area contributed by atoms with Gasteiger partial charge in [0.2, 0.25) is 0 Å². The summed E-state index contributed by atoms with van der Waals surface area (Å²) in [5.41, 5.74) is 0. The molecule has 0 aromatic carbocycles. The first kappa shape index (κ1) is 9.00. The summed E-state index contributed by atoms with van der Waals surface area (Å²) in [6.07, 6.45) is 3.98. The largest absolute Gasteiger partial charge is 0.480 e. The Morgan fingerprint density at radius 1 is 1.38 bits per heavy atom. The molecule has 74 valence electrons. The minimum absolute atomic E-state index is 0.286. The van der Waals surface area contributed by atoms with Crippen LogP contribution < -0.4 is 0 Å². The monoisotopic (exact) mass is 183 g/mol. The molecule has 2 fully saturated rings. The molecule has 3 unspecified atom stereocenters. The third kappa shape index (κ3) is 1.57. The highest BCUT2D eigenvalue weighted by Gasteiger charge is 2.38. The first-order valence-corrected chi connectivity index (χ1v) is 5.15. The van der Waals surface area contributed by atoms with Crippen LogP contribution in [0.5, 0.6) is 0 Å². The maximum Gasteiger partial charge on any atom is 0.320 e. The zero-order chi connectivity index (χ0) is 9.42. The number of hydrogen-bond acceptors (Lipinski definition) is 2. The molecule has 0 amide bonds. The minimum atomic E-state index is -0.681. The van der Waals surface area contributed by atoms with Crippen LogP contribution >= 0.6 is 0 Å². The predicted octanol–water partition coefficient (Wildman–Crippen LogP) is 1.19. The highest BCUT2D eigenvalue weighted by Crippen LogP contribution is 2.38. The van der Waals surface area contributed by atoms with Gasteiger partial charge in [-0.3, -0.25) is 9.69 Å². The van der Waals surface area contributed by atoms with Crippen LogP contribution in [-0.4, -0.2) is 35.1 Å². The zero-order valence-corrected chi connectivity index (χ0v) is 8.07. The van der Waals surface area contributed by atoms with Crippen LogP contribution in [0.4, 0.5) is 0 Å². The molecule has 0 spiro atoms. The summed E-state index contributed by atoms with van der Waals surface area (Å²) in [5.74, 6) is 0.906. The Morgan fingerprint density at radius 2 is 1.92 bits per heavy atom. The van der Waals surface area contributed by atoms with Crippen molar-refractivity contribution in [1.82, 2.24) is 4.90 Å². The van der Waals surface area contributed by atoms with E-state index in [2.05, 4.69) is 4.90 Å². The summed E-state index contributed by atoms with van der Waals surface area (Å²) in [6, 6.07) is -0.286. The van der Waals surface area contributed by atoms with Gasteiger partial charge in [-0.25, -0.2) is 0 Å². The fraction of sp³-hybridized carbons (Fsp3) is 0.900. The van der Waals surface area contributed by atoms with Crippen molar-refractivity contribution in [3.63, 3.8) is 0 Å². The summed E-state index contributed by atoms with van der Waals surface area (Å²) < 4.78 is 0. The number of fused-ring (bicyclic) bond motifs is 1. The topological polar surface area (TPSA) is 40.5 Å². The second-order valence-corrected chi connectivity index (χ2v) is 4.42. The molecular weight excluding hydrogens is 166 g/mol. The van der Waals surface area contributed by atoms with Crippen molar-refractivity contribution >= 4 is 5.97 Å². The Labute approximate surface area is 78.7 Å². The lowest BCUT2D eigenvalue weighted by molar-refractivity contribution is -0.142. The van der Waals surface area contributed by atoms with E-state index in [1.807, 2.05) is 0 Å². The lowest BCUT2D eigenvalue weighted by Crippen LogP contribution is -2.37. The molecule has 1 aliphatic carbocycles. The normalized spacial score (nSPS) is 36.1. The Hall–Kier alpha value is -0.570. The molecule has 1 saturated carbocycles. The van der Waals surface area contributed by atoms with Gasteiger partial charge in [0.25, 0.3) is 0 Å². The number of likely N-dealkylation sites (tertiary alicyclic amines) is 1. The van der Waals surface area contributed by atoms with Gasteiger partial charge < -0.3 is 5.11 Å². The van der Waals surface area contributed by atoms with Gasteiger partial charge in [0.05, 0.1) is 0 Å². The molecule has 2 rings (SSSR count). The maximum absolute atomic E-state index is 10.8. The van der Waals surface area contributed by atoms with E-state index in [9.17, 15) is 4.79 Å². The van der Waals surface area contributed by atoms with Crippen molar-refractivity contribution in [3.8, 4) is 0 Å². The lowest BCUT2D eigenvalue weighted by atomic mass is 10.0. The van der Waals surface area contributed by atoms with E-state index in [4.69, 9.17) is 5.11 Å². The first-order chi connectivity index (χ1) is 6.18. The molecule has 13 heavy (non-hydrogen) atoms. The molecule has 1 N–H and O–H groups in total. The van der Waals surface area contributed by atoms with Crippen LogP contribution in [0.15, 0.2) is 0 Å². The SMILES string of the molecule is CC(C(=O)O)N1CC2CCCC2C1. The Kier molecular flexibility index (Phi) is 2.28. The summed E-state index contributed by atoms with van der Waals surface area (Å²) in [4.78, 5) is 12.9. The highest BCUT2D eigenvalue weighted by molar-refractivity contribution is 5.72. The number of carboxylic acid groups (broad SMARTS) is 1. The van der Waals surface area contributed by atoms with Crippen LogP contribution in [0.1, 0.15) is 26.2 Å². The Bertz CT molecular complexity index is 205. The van der Waals surface area contributed by atoms with Crippen LogP contribution in [0.25, 0.3) is 0 Å². The number of aliphatic carboxylic acids is 1. The molecule has 1 heterocycles. The van der Waals surface area contributed by atoms with E-state index in [0.717, 1.165) is 24.9 Å². The van der Waals surface area contributed by atoms with Crippen molar-refractivity contribution in [2.24, 2.45) is 11.8 Å². The van der Waals surface area contributed by atoms with E-state index in [1.54, 1.807) is 6.92 Å². The van der Waals surface area contributed by atoms with E-state index in [-0.39, 0.29) is 6.04 Å². The van der Waals surface area contributed by atoms with Gasteiger partial charge in [-0.1, -0.05) is 6.42 Å². The number of nitrogens with zero attached hydrogens (tertiary/aromatic N) is 1. The number of carbonyl (C=O) groups is 1. The van der Waals surface area contributed by atoms with Crippen LogP contribution in [0.3, 0.4) is 0 Å². The third-order valence-corrected chi connectivity index (χ3v) is 3.66. The lowest BCUT2D eigenvalue weighted by Gasteiger charge is -2.20. The Morgan fingerprint density at radius 3 is 2.38 bits per heavy atom. The molecule has 3 heteroatoms. The van der Waals surface area contributed by atoms with Gasteiger partial charge in [-0.15, -0.1) is 0 Å². The minimum Gasteiger partial charge on any atom is -0.480 e. The average Bonchev–Trinajstić information content (AvgIpc) is 2.59. The van der Waals surface area contributed by atoms with Crippen molar-refractivity contribution in [1.29, 1.82) is 0 Å². The number of carboxylic acids is 1. The summed E-state index contributed by atoms with van der Waals surface area (Å²) in [7, 11) is 0. The number of hydrogen-bond donors (Lipinski definition) is 1. The van der Waals surface area contributed by atoms with Crippen LogP contribution in [0.2, 0.25) is 0 Å². The summed E-state index contributed by atoms with van der Waals surface area (Å²) >= 11 is 0. The molecule has 3 atom stereocenters. The summed E-state index contributed by atoms with van der Waals surface area (Å²) in [6.45, 7) is 3.82. The van der Waals surface area contributed by atoms with Crippen LogP contribution in [0, 0.1) is 11.8 Å². The van der Waals surface area contributed by atoms with Gasteiger partial charge >= 0.3 is 5.97 Å². The smallest absolute Gasteiger partial charge is 0.320 e. The molecule has 0 aromatic heterocycles. The van der Waals surface area contributed by atoms with Crippen molar-refractivity contribution < 1.29 is 9.90 Å². The van der Waals surface area contributed by atoms with E-state index in [0.29, 0.717) is 0 Å². The molecular formula is C10H17NO2. The van der Waals surface area contributed by atoms with E-state index >= 15 is 0 Å². The molecule has 2 aliphatic rings.